The summed E-state index contributed by atoms with van der Waals surface area (Å²) < 4.78 is 27.4. The molecule has 0 bridgehead atoms. The van der Waals surface area contributed by atoms with Gasteiger partial charge in [0.1, 0.15) is 12.4 Å². The van der Waals surface area contributed by atoms with Gasteiger partial charge in [-0.3, -0.25) is 4.79 Å². The Balaban J connectivity index is 1.47. The van der Waals surface area contributed by atoms with Gasteiger partial charge in [0.05, 0.1) is 11.0 Å². The number of nitrogens with zero attached hydrogens (tertiary/aromatic N) is 5. The lowest BCUT2D eigenvalue weighted by atomic mass is 10.3. The molecule has 1 aromatic carbocycles. The lowest BCUT2D eigenvalue weighted by Gasteiger charge is -2.35. The number of fused-ring (bicyclic) bond motifs is 1. The minimum Gasteiger partial charge on any atom is -0.353 e. The Kier molecular flexibility index (Phi) is 5.43. The number of rotatable bonds is 5. The summed E-state index contributed by atoms with van der Waals surface area (Å²) in [7, 11) is 0. The molecule has 0 atom stereocenters. The molecule has 0 N–H and O–H groups in total. The monoisotopic (exact) mass is 403 g/mol. The fourth-order valence-electron chi connectivity index (χ4n) is 3.34. The van der Waals surface area contributed by atoms with Gasteiger partial charge >= 0.3 is 0 Å². The third-order valence-corrected chi connectivity index (χ3v) is 5.41. The standard InChI is InChI=1S/C19H19F2N5OS/c20-18(21)28-19-23-14-5-1-2-6-15(14)26(19)13-17(27)25-11-9-24(10-12-25)16-7-3-4-8-22-16/h1-8,18H,9-13H2. The van der Waals surface area contributed by atoms with Gasteiger partial charge in [-0.15, -0.1) is 0 Å². The first kappa shape index (κ1) is 18.7. The number of halogens is 2. The number of amides is 1. The van der Waals surface area contributed by atoms with Crippen LogP contribution in [0.4, 0.5) is 14.6 Å². The van der Waals surface area contributed by atoms with Crippen LogP contribution in [0.1, 0.15) is 0 Å². The number of hydrogen-bond donors (Lipinski definition) is 0. The van der Waals surface area contributed by atoms with E-state index in [1.54, 1.807) is 33.9 Å². The highest BCUT2D eigenvalue weighted by molar-refractivity contribution is 7.99. The highest BCUT2D eigenvalue weighted by Crippen LogP contribution is 2.28. The second-order valence-corrected chi connectivity index (χ2v) is 7.36. The van der Waals surface area contributed by atoms with E-state index in [0.29, 0.717) is 49.0 Å². The maximum atomic E-state index is 12.9. The quantitative estimate of drug-likeness (QED) is 0.613. The van der Waals surface area contributed by atoms with E-state index in [2.05, 4.69) is 14.9 Å². The van der Waals surface area contributed by atoms with E-state index >= 15 is 0 Å². The summed E-state index contributed by atoms with van der Waals surface area (Å²) in [6.45, 7) is 2.51. The first-order valence-corrected chi connectivity index (χ1v) is 9.83. The first-order chi connectivity index (χ1) is 13.6. The first-order valence-electron chi connectivity index (χ1n) is 8.95. The van der Waals surface area contributed by atoms with E-state index in [1.165, 1.54) is 0 Å². The lowest BCUT2D eigenvalue weighted by molar-refractivity contribution is -0.132. The van der Waals surface area contributed by atoms with Gasteiger partial charge in [0, 0.05) is 32.4 Å². The van der Waals surface area contributed by atoms with Crippen LogP contribution < -0.4 is 4.90 Å². The molecule has 9 heteroatoms. The van der Waals surface area contributed by atoms with Crippen molar-refractivity contribution in [1.29, 1.82) is 0 Å². The van der Waals surface area contributed by atoms with Gasteiger partial charge in [-0.05, 0) is 36.0 Å². The highest BCUT2D eigenvalue weighted by Gasteiger charge is 2.24. The van der Waals surface area contributed by atoms with E-state index in [4.69, 9.17) is 0 Å². The minimum atomic E-state index is -2.59. The van der Waals surface area contributed by atoms with Crippen molar-refractivity contribution in [3.63, 3.8) is 0 Å². The molecule has 1 fully saturated rings. The molecular formula is C19H19F2N5OS. The van der Waals surface area contributed by atoms with E-state index in [-0.39, 0.29) is 17.6 Å². The van der Waals surface area contributed by atoms with E-state index in [1.807, 2.05) is 24.3 Å². The molecule has 0 radical (unpaired) electrons. The van der Waals surface area contributed by atoms with Crippen molar-refractivity contribution in [2.75, 3.05) is 31.1 Å². The molecule has 1 aliphatic heterocycles. The Hall–Kier alpha value is -2.68. The highest BCUT2D eigenvalue weighted by atomic mass is 32.2. The third-order valence-electron chi connectivity index (χ3n) is 4.71. The number of thioether (sulfide) groups is 1. The van der Waals surface area contributed by atoms with Crippen LogP contribution in [-0.4, -0.2) is 57.3 Å². The molecule has 6 nitrogen and oxygen atoms in total. The van der Waals surface area contributed by atoms with Crippen molar-refractivity contribution in [3.05, 3.63) is 48.7 Å². The van der Waals surface area contributed by atoms with Crippen molar-refractivity contribution in [2.45, 2.75) is 17.5 Å². The SMILES string of the molecule is O=C(Cn1c(SC(F)F)nc2ccccc21)N1CCN(c2ccccn2)CC1. The zero-order valence-corrected chi connectivity index (χ0v) is 15.9. The van der Waals surface area contributed by atoms with Gasteiger partial charge in [0.25, 0.3) is 5.76 Å². The predicted octanol–water partition coefficient (Wildman–Crippen LogP) is 3.09. The number of anilines is 1. The van der Waals surface area contributed by atoms with Crippen molar-refractivity contribution in [3.8, 4) is 0 Å². The van der Waals surface area contributed by atoms with Gasteiger partial charge in [0.2, 0.25) is 5.91 Å². The zero-order valence-electron chi connectivity index (χ0n) is 15.0. The predicted molar refractivity (Wildman–Crippen MR) is 105 cm³/mol. The number of pyridine rings is 1. The Labute approximate surface area is 165 Å². The van der Waals surface area contributed by atoms with Crippen molar-refractivity contribution < 1.29 is 13.6 Å². The van der Waals surface area contributed by atoms with Crippen LogP contribution in [0.15, 0.2) is 53.8 Å². The van der Waals surface area contributed by atoms with Gasteiger partial charge in [0.15, 0.2) is 5.16 Å². The Morgan fingerprint density at radius 3 is 2.54 bits per heavy atom. The molecule has 28 heavy (non-hydrogen) atoms. The number of benzene rings is 1. The van der Waals surface area contributed by atoms with Crippen molar-refractivity contribution in [1.82, 2.24) is 19.4 Å². The number of piperazine rings is 1. The molecule has 0 spiro atoms. The molecule has 3 aromatic rings. The molecule has 3 heterocycles. The van der Waals surface area contributed by atoms with Gasteiger partial charge in [-0.2, -0.15) is 8.78 Å². The normalized spacial score (nSPS) is 14.8. The molecule has 0 aliphatic carbocycles. The Bertz CT molecular complexity index is 957. The number of aromatic nitrogens is 3. The Morgan fingerprint density at radius 1 is 1.07 bits per heavy atom. The topological polar surface area (TPSA) is 54.3 Å². The fraction of sp³-hybridized carbons (Fsp3) is 0.316. The summed E-state index contributed by atoms with van der Waals surface area (Å²) >= 11 is 0.368. The summed E-state index contributed by atoms with van der Waals surface area (Å²) in [6, 6.07) is 12.9. The van der Waals surface area contributed by atoms with Crippen molar-refractivity contribution >= 4 is 34.5 Å². The van der Waals surface area contributed by atoms with E-state index in [0.717, 1.165) is 5.82 Å². The van der Waals surface area contributed by atoms with Crippen LogP contribution in [0.25, 0.3) is 11.0 Å². The number of para-hydroxylation sites is 2. The summed E-state index contributed by atoms with van der Waals surface area (Å²) in [4.78, 5) is 25.3. The molecule has 146 valence electrons. The molecule has 4 rings (SSSR count). The molecule has 0 saturated carbocycles. The van der Waals surface area contributed by atoms with Crippen LogP contribution in [0, 0.1) is 0 Å². The van der Waals surface area contributed by atoms with E-state index in [9.17, 15) is 13.6 Å². The second kappa shape index (κ2) is 8.14. The molecule has 2 aromatic heterocycles. The lowest BCUT2D eigenvalue weighted by Crippen LogP contribution is -2.49. The molecule has 1 amide bonds. The van der Waals surface area contributed by atoms with Crippen molar-refractivity contribution in [2.24, 2.45) is 0 Å². The average Bonchev–Trinajstić information content (AvgIpc) is 3.05. The van der Waals surface area contributed by atoms with Crippen LogP contribution in [0.5, 0.6) is 0 Å². The van der Waals surface area contributed by atoms with Gasteiger partial charge in [-0.1, -0.05) is 18.2 Å². The minimum absolute atomic E-state index is 0.000840. The maximum absolute atomic E-state index is 12.9. The molecule has 1 aliphatic rings. The number of hydrogen-bond acceptors (Lipinski definition) is 5. The summed E-state index contributed by atoms with van der Waals surface area (Å²) in [5.74, 6) is -1.79. The maximum Gasteiger partial charge on any atom is 0.291 e. The number of imidazole rings is 1. The van der Waals surface area contributed by atoms with E-state index < -0.39 is 5.76 Å². The summed E-state index contributed by atoms with van der Waals surface area (Å²) in [6.07, 6.45) is 1.75. The largest absolute Gasteiger partial charge is 0.353 e. The zero-order chi connectivity index (χ0) is 19.5. The fourth-order valence-corrected chi connectivity index (χ4v) is 3.94. The van der Waals surface area contributed by atoms with Crippen LogP contribution in [0.3, 0.4) is 0 Å². The van der Waals surface area contributed by atoms with Crippen LogP contribution in [-0.2, 0) is 11.3 Å². The van der Waals surface area contributed by atoms with Crippen LogP contribution in [0.2, 0.25) is 0 Å². The molecular weight excluding hydrogens is 384 g/mol. The molecule has 1 saturated heterocycles. The van der Waals surface area contributed by atoms with Gasteiger partial charge < -0.3 is 14.4 Å². The average molecular weight is 403 g/mol. The Morgan fingerprint density at radius 2 is 1.82 bits per heavy atom. The van der Waals surface area contributed by atoms with Crippen LogP contribution >= 0.6 is 11.8 Å². The number of carbonyl (C=O) groups is 1. The summed E-state index contributed by atoms with van der Waals surface area (Å²) in [5, 5.41) is 0.164. The smallest absolute Gasteiger partial charge is 0.291 e. The summed E-state index contributed by atoms with van der Waals surface area (Å²) in [5.41, 5.74) is 1.30. The number of alkyl halides is 2. The van der Waals surface area contributed by atoms with Gasteiger partial charge in [-0.25, -0.2) is 9.97 Å². The molecule has 0 unspecified atom stereocenters. The number of carbonyl (C=O) groups excluding carboxylic acids is 1. The second-order valence-electron chi connectivity index (χ2n) is 6.40. The third kappa shape index (κ3) is 3.94.